The van der Waals surface area contributed by atoms with Gasteiger partial charge in [-0.1, -0.05) is 86.4 Å². The lowest BCUT2D eigenvalue weighted by molar-refractivity contribution is -0.128. The Kier molecular flexibility index (Phi) is 26.7. The number of amides is 4. The zero-order valence-corrected chi connectivity index (χ0v) is 55.6. The third-order valence-electron chi connectivity index (χ3n) is 15.9. The Morgan fingerprint density at radius 3 is 2.12 bits per heavy atom. The summed E-state index contributed by atoms with van der Waals surface area (Å²) in [7, 11) is -11.0. The summed E-state index contributed by atoms with van der Waals surface area (Å²) in [5, 5.41) is 21.7. The van der Waals surface area contributed by atoms with E-state index in [-0.39, 0.29) is 89.6 Å². The van der Waals surface area contributed by atoms with Gasteiger partial charge in [0.25, 0.3) is 25.8 Å². The number of aromatic amines is 1. The molecule has 3 aliphatic rings. The molecule has 10 N–H and O–H groups in total. The number of nitrogens with zero attached hydrogens (tertiary/aromatic N) is 3. The van der Waals surface area contributed by atoms with Crippen LogP contribution < -0.4 is 42.3 Å². The first kappa shape index (κ1) is 73.4. The number of likely N-dealkylation sites (N-methyl/N-ethyl adjacent to an activating group) is 1. The number of allylic oxidation sites excluding steroid dienone is 5. The molecule has 0 radical (unpaired) electrons. The minimum Gasteiger partial charge on any atom is -0.390 e. The number of aryl methyl sites for hydroxylation is 1. The molecule has 4 amide bonds. The van der Waals surface area contributed by atoms with Gasteiger partial charge in [-0.25, -0.2) is 9.36 Å². The Bertz CT molecular complexity index is 3530. The van der Waals surface area contributed by atoms with Gasteiger partial charge in [-0.2, -0.15) is 16.8 Å². The van der Waals surface area contributed by atoms with Crippen molar-refractivity contribution in [2.75, 3.05) is 60.6 Å². The summed E-state index contributed by atoms with van der Waals surface area (Å²) in [5.41, 5.74) is 1.60. The van der Waals surface area contributed by atoms with E-state index in [0.29, 0.717) is 82.3 Å². The van der Waals surface area contributed by atoms with Crippen molar-refractivity contribution in [2.45, 2.75) is 170 Å². The van der Waals surface area contributed by atoms with E-state index in [2.05, 4.69) is 40.6 Å². The molecule has 3 aliphatic heterocycles. The SMILES string of the molecule is CCNC(=O)CCSSCC(NC(=O)CCCCCN1/C(=C/C=C/C=C/C2N(CC)c3ccc(S(=O)(=O)O)cc3C2(C)C)C(C)(C)c2cc(S(=O)(=O)O)ccc21)C(=O)NCCCCCC(=O)NCCCc1cn([C@H]2C[C@@H](O)[C@@H](COP(=O)(O)O)O2)c(=O)[nH]c1=O. The van der Waals surface area contributed by atoms with Gasteiger partial charge in [0.15, 0.2) is 0 Å². The fourth-order valence-electron chi connectivity index (χ4n) is 11.2. The summed E-state index contributed by atoms with van der Waals surface area (Å²) >= 11 is 0. The second-order valence-corrected chi connectivity index (χ2v) is 29.9. The van der Waals surface area contributed by atoms with Gasteiger partial charge in [0.2, 0.25) is 23.6 Å². The quantitative estimate of drug-likeness (QED) is 0.0115. The first-order valence-corrected chi connectivity index (χ1v) is 36.8. The van der Waals surface area contributed by atoms with Gasteiger partial charge in [-0.3, -0.25) is 47.2 Å². The number of H-pyrrole nitrogens is 1. The molecule has 31 heteroatoms. The standard InChI is InChI=1S/C59H85N8O18PS4/c1-7-60-52(70)28-32-87-88-38-44(56(73)62-29-16-10-14-22-51(69)61-30-18-19-39-36-67(57(74)64-55(39)72)54-35-47(68)48(85-54)37-84-86(75,76)77)63-53(71)23-15-11-17-31-66-46-27-25-41(90(81,82)83)34-43(46)59(5,6)50(66)21-13-9-12-20-49-58(3,4)42-33-40(89(78,79)80)24-26-45(42)65(49)8-2/h9,12-13,20-21,24-27,33-34,36,44,47-49,54,68H,7-8,10-11,14-19,22-23,28-32,35,37-38H2,1-6H3,(H,60,70)(H,61,69)(H,62,73)(H,63,71)(H,64,72,74)(H2,75,76,77)(H,78,79,80)(H,81,82,83)/b13-9+,20-12+,50-21+/t44?,47-,48-,49?,54-/m1/s1. The number of aliphatic hydroxyl groups excluding tert-OH is 1. The highest BCUT2D eigenvalue weighted by molar-refractivity contribution is 8.76. The molecule has 1 fully saturated rings. The number of ether oxygens (including phenoxy) is 1. The number of carbonyl (C=O) groups excluding carboxylic acids is 4. The monoisotopic (exact) mass is 1350 g/mol. The molecule has 1 saturated heterocycles. The van der Waals surface area contributed by atoms with Crippen molar-refractivity contribution in [2.24, 2.45) is 0 Å². The van der Waals surface area contributed by atoms with Crippen molar-refractivity contribution in [3.63, 3.8) is 0 Å². The number of unbranched alkanes of at least 4 members (excludes halogenated alkanes) is 4. The molecule has 498 valence electrons. The van der Waals surface area contributed by atoms with Crippen molar-refractivity contribution in [1.29, 1.82) is 0 Å². The Morgan fingerprint density at radius 1 is 0.811 bits per heavy atom. The van der Waals surface area contributed by atoms with E-state index >= 15 is 0 Å². The van der Waals surface area contributed by atoms with Crippen molar-refractivity contribution in [1.82, 2.24) is 30.8 Å². The fraction of sp³-hybridized carbons (Fsp3) is 0.559. The number of phosphoric acid groups is 1. The van der Waals surface area contributed by atoms with Crippen LogP contribution in [0.3, 0.4) is 0 Å². The molecular formula is C59H85N8O18PS4. The summed E-state index contributed by atoms with van der Waals surface area (Å²) in [6.07, 6.45) is 12.1. The molecule has 26 nitrogen and oxygen atoms in total. The van der Waals surface area contributed by atoms with Gasteiger partial charge >= 0.3 is 13.5 Å². The van der Waals surface area contributed by atoms with Crippen LogP contribution in [0.1, 0.15) is 135 Å². The van der Waals surface area contributed by atoms with Gasteiger partial charge in [-0.15, -0.1) is 0 Å². The van der Waals surface area contributed by atoms with Crippen molar-refractivity contribution < 1.29 is 73.8 Å². The van der Waals surface area contributed by atoms with Crippen LogP contribution in [0.25, 0.3) is 0 Å². The predicted molar refractivity (Wildman–Crippen MR) is 344 cm³/mol. The van der Waals surface area contributed by atoms with Crippen LogP contribution in [0, 0.1) is 0 Å². The number of hydrogen-bond acceptors (Lipinski definition) is 18. The number of hydrogen-bond donors (Lipinski definition) is 10. The number of rotatable bonds is 35. The third kappa shape index (κ3) is 20.4. The third-order valence-corrected chi connectivity index (χ3v) is 20.5. The van der Waals surface area contributed by atoms with Crippen LogP contribution in [-0.2, 0) is 70.5 Å². The van der Waals surface area contributed by atoms with Crippen molar-refractivity contribution in [3.8, 4) is 0 Å². The lowest BCUT2D eigenvalue weighted by Gasteiger charge is -2.31. The zero-order chi connectivity index (χ0) is 66.2. The van der Waals surface area contributed by atoms with Crippen LogP contribution in [0.15, 0.2) is 98.1 Å². The first-order valence-electron chi connectivity index (χ1n) is 29.9. The number of phosphoric ester groups is 1. The molecule has 0 saturated carbocycles. The van der Waals surface area contributed by atoms with Gasteiger partial charge in [0, 0.05) is 110 Å². The van der Waals surface area contributed by atoms with Crippen LogP contribution in [0.2, 0.25) is 0 Å². The van der Waals surface area contributed by atoms with Gasteiger partial charge in [0.05, 0.1) is 28.5 Å². The molecule has 2 aromatic carbocycles. The Morgan fingerprint density at radius 2 is 1.46 bits per heavy atom. The number of benzene rings is 2. The van der Waals surface area contributed by atoms with Crippen LogP contribution in [0.5, 0.6) is 0 Å². The fourth-order valence-corrected chi connectivity index (χ4v) is 14.7. The minimum atomic E-state index is -4.83. The topological polar surface area (TPSA) is 383 Å². The van der Waals surface area contributed by atoms with Crippen LogP contribution in [0.4, 0.5) is 11.4 Å². The van der Waals surface area contributed by atoms with E-state index in [9.17, 15) is 64.4 Å². The molecule has 0 bridgehead atoms. The highest BCUT2D eigenvalue weighted by Crippen LogP contribution is 2.49. The van der Waals surface area contributed by atoms with Crippen molar-refractivity contribution >= 4 is 84.7 Å². The van der Waals surface area contributed by atoms with E-state index in [1.54, 1.807) is 12.1 Å². The lowest BCUT2D eigenvalue weighted by Crippen LogP contribution is -2.48. The smallest absolute Gasteiger partial charge is 0.390 e. The first-order chi connectivity index (χ1) is 42.4. The van der Waals surface area contributed by atoms with E-state index in [4.69, 9.17) is 14.5 Å². The lowest BCUT2D eigenvalue weighted by atomic mass is 9.80. The van der Waals surface area contributed by atoms with E-state index in [1.165, 1.54) is 52.1 Å². The van der Waals surface area contributed by atoms with E-state index < -0.39 is 81.2 Å². The Labute approximate surface area is 533 Å². The summed E-state index contributed by atoms with van der Waals surface area (Å²) < 4.78 is 90.6. The number of carbonyl (C=O) groups is 4. The van der Waals surface area contributed by atoms with Crippen molar-refractivity contribution in [3.05, 3.63) is 116 Å². The largest absolute Gasteiger partial charge is 0.469 e. The number of anilines is 2. The highest BCUT2D eigenvalue weighted by atomic mass is 33.1. The number of nitrogens with one attached hydrogen (secondary N) is 5. The second kappa shape index (κ2) is 32.8. The Balaban J connectivity index is 0.973. The predicted octanol–water partition coefficient (Wildman–Crippen LogP) is 5.45. The molecule has 4 heterocycles. The molecule has 90 heavy (non-hydrogen) atoms. The average molecular weight is 1350 g/mol. The zero-order valence-electron chi connectivity index (χ0n) is 51.4. The summed E-state index contributed by atoms with van der Waals surface area (Å²) in [6.45, 7) is 13.4. The molecule has 5 atom stereocenters. The van der Waals surface area contributed by atoms with E-state index in [0.717, 1.165) is 27.2 Å². The molecule has 6 rings (SSSR count). The molecule has 0 spiro atoms. The summed E-state index contributed by atoms with van der Waals surface area (Å²) in [5.74, 6) is -0.253. The number of aromatic nitrogens is 2. The van der Waals surface area contributed by atoms with E-state index in [1.807, 2.05) is 71.9 Å². The summed E-state index contributed by atoms with van der Waals surface area (Å²) in [6, 6.07) is 8.17. The van der Waals surface area contributed by atoms with Crippen LogP contribution in [-0.4, -0.2) is 149 Å². The molecule has 2 unspecified atom stereocenters. The number of fused-ring (bicyclic) bond motifs is 2. The van der Waals surface area contributed by atoms with Gasteiger partial charge in [-0.05, 0) is 106 Å². The summed E-state index contributed by atoms with van der Waals surface area (Å²) in [4.78, 5) is 101. The maximum absolute atomic E-state index is 13.6. The maximum atomic E-state index is 13.6. The minimum absolute atomic E-state index is 0.0870. The maximum Gasteiger partial charge on any atom is 0.469 e. The second-order valence-electron chi connectivity index (χ2n) is 23.2. The molecule has 1 aromatic heterocycles. The molecule has 3 aromatic rings. The van der Waals surface area contributed by atoms with Gasteiger partial charge < -0.3 is 50.7 Å². The van der Waals surface area contributed by atoms with Crippen LogP contribution >= 0.6 is 29.4 Å². The highest BCUT2D eigenvalue weighted by Gasteiger charge is 2.44. The van der Waals surface area contributed by atoms with Gasteiger partial charge in [0.1, 0.15) is 18.4 Å². The average Bonchev–Trinajstić information content (AvgIpc) is 1.60. The molecule has 0 aliphatic carbocycles. The normalized spacial score (nSPS) is 19.6. The number of aliphatic hydroxyl groups is 1. The molecular weight excluding hydrogens is 1270 g/mol. The Hall–Kier alpha value is -5.63.